The highest BCUT2D eigenvalue weighted by Gasteiger charge is 2.21. The van der Waals surface area contributed by atoms with E-state index < -0.39 is 0 Å². The Morgan fingerprint density at radius 1 is 1.41 bits per heavy atom. The van der Waals surface area contributed by atoms with Crippen molar-refractivity contribution in [1.82, 2.24) is 20.8 Å². The summed E-state index contributed by atoms with van der Waals surface area (Å²) in [4.78, 5) is 11.2. The SMILES string of the molecule is CN=C(NCCc1nc(C(C)C)no1)NC1CCCN(c2cccc(OC)c2)C1. The predicted molar refractivity (Wildman–Crippen MR) is 115 cm³/mol. The molecule has 1 fully saturated rings. The lowest BCUT2D eigenvalue weighted by molar-refractivity contribution is 0.371. The molecule has 8 heteroatoms. The Labute approximate surface area is 172 Å². The van der Waals surface area contributed by atoms with Crippen LogP contribution in [0, 0.1) is 0 Å². The molecule has 158 valence electrons. The van der Waals surface area contributed by atoms with Crippen LogP contribution in [0.5, 0.6) is 5.75 Å². The van der Waals surface area contributed by atoms with Crippen molar-refractivity contribution in [1.29, 1.82) is 0 Å². The number of nitrogens with one attached hydrogen (secondary N) is 2. The number of guanidine groups is 1. The Morgan fingerprint density at radius 3 is 3.00 bits per heavy atom. The lowest BCUT2D eigenvalue weighted by Crippen LogP contribution is -2.51. The van der Waals surface area contributed by atoms with Crippen molar-refractivity contribution in [2.45, 2.75) is 45.1 Å². The maximum Gasteiger partial charge on any atom is 0.228 e. The zero-order valence-corrected chi connectivity index (χ0v) is 17.8. The lowest BCUT2D eigenvalue weighted by atomic mass is 10.0. The van der Waals surface area contributed by atoms with Crippen LogP contribution in [-0.4, -0.2) is 55.9 Å². The monoisotopic (exact) mass is 400 g/mol. The van der Waals surface area contributed by atoms with E-state index in [4.69, 9.17) is 9.26 Å². The number of rotatable bonds is 7. The maximum absolute atomic E-state index is 5.36. The number of ether oxygens (including phenoxy) is 1. The van der Waals surface area contributed by atoms with Crippen LogP contribution in [0.2, 0.25) is 0 Å². The topological polar surface area (TPSA) is 87.8 Å². The van der Waals surface area contributed by atoms with Gasteiger partial charge in [0.25, 0.3) is 0 Å². The van der Waals surface area contributed by atoms with Gasteiger partial charge in [-0.25, -0.2) is 0 Å². The van der Waals surface area contributed by atoms with Gasteiger partial charge in [0.1, 0.15) is 5.75 Å². The Kier molecular flexibility index (Phi) is 7.32. The molecule has 8 nitrogen and oxygen atoms in total. The molecule has 1 atom stereocenters. The quantitative estimate of drug-likeness (QED) is 0.545. The van der Waals surface area contributed by atoms with Crippen molar-refractivity contribution < 1.29 is 9.26 Å². The molecule has 1 unspecified atom stereocenters. The Bertz CT molecular complexity index is 804. The Hall–Kier alpha value is -2.77. The fraction of sp³-hybridized carbons (Fsp3) is 0.571. The summed E-state index contributed by atoms with van der Waals surface area (Å²) in [5.74, 6) is 3.36. The molecule has 0 spiro atoms. The van der Waals surface area contributed by atoms with E-state index in [0.717, 1.165) is 43.5 Å². The van der Waals surface area contributed by atoms with Crippen LogP contribution < -0.4 is 20.3 Å². The van der Waals surface area contributed by atoms with E-state index in [1.54, 1.807) is 14.2 Å². The van der Waals surface area contributed by atoms with Crippen LogP contribution in [0.25, 0.3) is 0 Å². The van der Waals surface area contributed by atoms with E-state index >= 15 is 0 Å². The second-order valence-corrected chi connectivity index (χ2v) is 7.58. The van der Waals surface area contributed by atoms with Crippen LogP contribution in [0.3, 0.4) is 0 Å². The number of methoxy groups -OCH3 is 1. The average molecular weight is 401 g/mol. The summed E-state index contributed by atoms with van der Waals surface area (Å²) in [7, 11) is 3.49. The average Bonchev–Trinajstić information content (AvgIpc) is 3.22. The number of nitrogens with zero attached hydrogens (tertiary/aromatic N) is 4. The molecule has 29 heavy (non-hydrogen) atoms. The molecule has 2 aromatic rings. The van der Waals surface area contributed by atoms with Crippen LogP contribution in [-0.2, 0) is 6.42 Å². The zero-order valence-electron chi connectivity index (χ0n) is 17.8. The number of aromatic nitrogens is 2. The first kappa shape index (κ1) is 21.0. The molecule has 0 aliphatic carbocycles. The van der Waals surface area contributed by atoms with Gasteiger partial charge in [-0.3, -0.25) is 4.99 Å². The minimum atomic E-state index is 0.272. The van der Waals surface area contributed by atoms with E-state index in [1.807, 2.05) is 12.1 Å². The van der Waals surface area contributed by atoms with E-state index in [1.165, 1.54) is 5.69 Å². The van der Waals surface area contributed by atoms with Crippen LogP contribution in [0.15, 0.2) is 33.8 Å². The summed E-state index contributed by atoms with van der Waals surface area (Å²) in [6, 6.07) is 8.56. The van der Waals surface area contributed by atoms with Crippen LogP contribution in [0.1, 0.15) is 44.3 Å². The van der Waals surface area contributed by atoms with Crippen molar-refractivity contribution in [3.63, 3.8) is 0 Å². The summed E-state index contributed by atoms with van der Waals surface area (Å²) in [6.07, 6.45) is 2.91. The first-order valence-electron chi connectivity index (χ1n) is 10.3. The molecule has 1 saturated heterocycles. The molecule has 1 aromatic heterocycles. The second kappa shape index (κ2) is 10.1. The van der Waals surface area contributed by atoms with Crippen LogP contribution >= 0.6 is 0 Å². The molecule has 2 N–H and O–H groups in total. The number of piperidine rings is 1. The van der Waals surface area contributed by atoms with Gasteiger partial charge in [-0.05, 0) is 25.0 Å². The maximum atomic E-state index is 5.36. The van der Waals surface area contributed by atoms with Crippen molar-refractivity contribution in [3.8, 4) is 5.75 Å². The zero-order chi connectivity index (χ0) is 20.6. The minimum Gasteiger partial charge on any atom is -0.497 e. The van der Waals surface area contributed by atoms with Gasteiger partial charge in [0.15, 0.2) is 11.8 Å². The summed E-state index contributed by atoms with van der Waals surface area (Å²) < 4.78 is 10.7. The van der Waals surface area contributed by atoms with E-state index in [9.17, 15) is 0 Å². The number of benzene rings is 1. The van der Waals surface area contributed by atoms with Gasteiger partial charge in [0, 0.05) is 56.8 Å². The molecule has 1 aliphatic rings. The van der Waals surface area contributed by atoms with Gasteiger partial charge >= 0.3 is 0 Å². The summed E-state index contributed by atoms with van der Waals surface area (Å²) >= 11 is 0. The number of hydrogen-bond acceptors (Lipinski definition) is 6. The molecule has 0 amide bonds. The predicted octanol–water partition coefficient (Wildman–Crippen LogP) is 2.58. The number of anilines is 1. The second-order valence-electron chi connectivity index (χ2n) is 7.58. The third kappa shape index (κ3) is 5.85. The molecular formula is C21H32N6O2. The highest BCUT2D eigenvalue weighted by molar-refractivity contribution is 5.80. The fourth-order valence-electron chi connectivity index (χ4n) is 3.42. The Balaban J connectivity index is 1.49. The molecule has 1 aromatic carbocycles. The van der Waals surface area contributed by atoms with Gasteiger partial charge < -0.3 is 24.8 Å². The third-order valence-electron chi connectivity index (χ3n) is 5.04. The minimum absolute atomic E-state index is 0.272. The first-order chi connectivity index (χ1) is 14.1. The standard InChI is InChI=1S/C21H32N6O2/c1-15(2)20-25-19(29-26-20)10-11-23-21(22-3)24-16-7-6-12-27(14-16)17-8-5-9-18(13-17)28-4/h5,8-9,13,15-16H,6-7,10-12,14H2,1-4H3,(H2,22,23,24). The Morgan fingerprint density at radius 2 is 2.28 bits per heavy atom. The summed E-state index contributed by atoms with van der Waals surface area (Å²) in [6.45, 7) is 6.77. The summed E-state index contributed by atoms with van der Waals surface area (Å²) in [5.41, 5.74) is 1.19. The van der Waals surface area contributed by atoms with Gasteiger partial charge in [0.2, 0.25) is 5.89 Å². The number of aliphatic imine (C=N–C) groups is 1. The van der Waals surface area contributed by atoms with E-state index in [2.05, 4.69) is 56.6 Å². The van der Waals surface area contributed by atoms with Crippen molar-refractivity contribution >= 4 is 11.6 Å². The largest absolute Gasteiger partial charge is 0.497 e. The normalized spacial score (nSPS) is 17.5. The highest BCUT2D eigenvalue weighted by atomic mass is 16.5. The van der Waals surface area contributed by atoms with E-state index in [-0.39, 0.29) is 5.92 Å². The molecule has 0 bridgehead atoms. The third-order valence-corrected chi connectivity index (χ3v) is 5.04. The smallest absolute Gasteiger partial charge is 0.228 e. The molecule has 3 rings (SSSR count). The van der Waals surface area contributed by atoms with Crippen molar-refractivity contribution in [2.24, 2.45) is 4.99 Å². The van der Waals surface area contributed by atoms with Crippen molar-refractivity contribution in [3.05, 3.63) is 36.0 Å². The van der Waals surface area contributed by atoms with Crippen LogP contribution in [0.4, 0.5) is 5.69 Å². The molecular weight excluding hydrogens is 368 g/mol. The van der Waals surface area contributed by atoms with Gasteiger partial charge in [-0.15, -0.1) is 0 Å². The molecule has 2 heterocycles. The van der Waals surface area contributed by atoms with Gasteiger partial charge in [0.05, 0.1) is 7.11 Å². The molecule has 0 saturated carbocycles. The summed E-state index contributed by atoms with van der Waals surface area (Å²) in [5, 5.41) is 10.9. The molecule has 0 radical (unpaired) electrons. The van der Waals surface area contributed by atoms with Gasteiger partial charge in [-0.1, -0.05) is 25.1 Å². The fourth-order valence-corrected chi connectivity index (χ4v) is 3.42. The van der Waals surface area contributed by atoms with Gasteiger partial charge in [-0.2, -0.15) is 4.98 Å². The van der Waals surface area contributed by atoms with E-state index in [0.29, 0.717) is 24.9 Å². The first-order valence-corrected chi connectivity index (χ1v) is 10.3. The number of hydrogen-bond donors (Lipinski definition) is 2. The van der Waals surface area contributed by atoms with Crippen molar-refractivity contribution in [2.75, 3.05) is 38.7 Å². The highest BCUT2D eigenvalue weighted by Crippen LogP contribution is 2.24. The molecule has 1 aliphatic heterocycles. The lowest BCUT2D eigenvalue weighted by Gasteiger charge is -2.35.